The first kappa shape index (κ1) is 31.7. The van der Waals surface area contributed by atoms with Crippen molar-refractivity contribution in [3.63, 3.8) is 0 Å². The van der Waals surface area contributed by atoms with E-state index in [1.54, 1.807) is 0 Å². The fourth-order valence-electron chi connectivity index (χ4n) is 6.95. The van der Waals surface area contributed by atoms with Crippen LogP contribution in [0.1, 0.15) is 152 Å². The number of hydrogen-bond donors (Lipinski definition) is 0. The summed E-state index contributed by atoms with van der Waals surface area (Å²) in [5.41, 5.74) is 15.7. The first-order valence-corrected chi connectivity index (χ1v) is 16.1. The molecule has 0 N–H and O–H groups in total. The van der Waals surface area contributed by atoms with Gasteiger partial charge in [0.1, 0.15) is 0 Å². The average Bonchev–Trinajstić information content (AvgIpc) is 2.95. The summed E-state index contributed by atoms with van der Waals surface area (Å²) in [6.45, 7) is 28.1. The molecule has 0 aliphatic carbocycles. The third-order valence-corrected chi connectivity index (χ3v) is 8.61. The Morgan fingerprint density at radius 3 is 1.36 bits per heavy atom. The lowest BCUT2D eigenvalue weighted by Crippen LogP contribution is -2.10. The second-order valence-electron chi connectivity index (χ2n) is 13.8. The number of pyridine rings is 2. The fourth-order valence-corrected chi connectivity index (χ4v) is 6.95. The van der Waals surface area contributed by atoms with Gasteiger partial charge in [0.25, 0.3) is 0 Å². The molecule has 0 unspecified atom stereocenters. The van der Waals surface area contributed by atoms with E-state index in [4.69, 9.17) is 9.97 Å². The van der Waals surface area contributed by atoms with Crippen LogP contribution in [0.2, 0.25) is 0 Å². The van der Waals surface area contributed by atoms with Crippen molar-refractivity contribution in [2.75, 3.05) is 0 Å². The molecule has 42 heavy (non-hydrogen) atoms. The maximum atomic E-state index is 5.06. The summed E-state index contributed by atoms with van der Waals surface area (Å²) in [6.07, 6.45) is 3.87. The van der Waals surface area contributed by atoms with E-state index in [1.807, 2.05) is 18.5 Å². The van der Waals surface area contributed by atoms with Crippen molar-refractivity contribution in [2.24, 2.45) is 0 Å². The van der Waals surface area contributed by atoms with E-state index < -0.39 is 0 Å². The van der Waals surface area contributed by atoms with Gasteiger partial charge in [-0.15, -0.1) is 0 Å². The first-order valence-electron chi connectivity index (χ1n) is 16.1. The van der Waals surface area contributed by atoms with E-state index in [0.717, 1.165) is 11.4 Å². The number of nitrogens with zero attached hydrogens (tertiary/aromatic N) is 2. The summed E-state index contributed by atoms with van der Waals surface area (Å²) >= 11 is 0. The maximum absolute atomic E-state index is 5.06. The summed E-state index contributed by atoms with van der Waals surface area (Å²) in [7, 11) is 0. The molecule has 4 rings (SSSR count). The van der Waals surface area contributed by atoms with E-state index >= 15 is 0 Å². The van der Waals surface area contributed by atoms with Crippen LogP contribution in [0.5, 0.6) is 0 Å². The zero-order chi connectivity index (χ0) is 30.9. The zero-order valence-electron chi connectivity index (χ0n) is 28.1. The molecule has 2 aromatic carbocycles. The normalized spacial score (nSPS) is 12.1. The van der Waals surface area contributed by atoms with E-state index in [0.29, 0.717) is 35.5 Å². The summed E-state index contributed by atoms with van der Waals surface area (Å²) in [5.74, 6) is 2.53. The third kappa shape index (κ3) is 5.96. The Morgan fingerprint density at radius 1 is 0.405 bits per heavy atom. The fraction of sp³-hybridized carbons (Fsp3) is 0.450. The predicted octanol–water partition coefficient (Wildman–Crippen LogP) is 12.2. The van der Waals surface area contributed by atoms with Crippen LogP contribution in [0, 0.1) is 0 Å². The lowest BCUT2D eigenvalue weighted by atomic mass is 9.75. The highest BCUT2D eigenvalue weighted by atomic mass is 14.8. The van der Waals surface area contributed by atoms with Gasteiger partial charge in [-0.1, -0.05) is 113 Å². The van der Waals surface area contributed by atoms with Gasteiger partial charge >= 0.3 is 0 Å². The van der Waals surface area contributed by atoms with Gasteiger partial charge in [0, 0.05) is 18.0 Å². The van der Waals surface area contributed by atoms with Crippen molar-refractivity contribution in [3.8, 4) is 33.6 Å². The summed E-state index contributed by atoms with van der Waals surface area (Å²) in [4.78, 5) is 9.89. The SMILES string of the molecule is CC(C)c1ccc(-c2ccnc(-c3ccccn3)c2-c2ccc(C(C)C)c(C(C)C)c2C(C)C)c(C(C)C)c1C(C)C. The van der Waals surface area contributed by atoms with E-state index in [1.165, 1.54) is 55.6 Å². The lowest BCUT2D eigenvalue weighted by Gasteiger charge is -2.29. The predicted molar refractivity (Wildman–Crippen MR) is 183 cm³/mol. The molecule has 4 aromatic rings. The molecule has 2 nitrogen and oxygen atoms in total. The molecule has 0 aliphatic heterocycles. The summed E-state index contributed by atoms with van der Waals surface area (Å²) in [5, 5.41) is 0. The van der Waals surface area contributed by atoms with E-state index in [2.05, 4.69) is 126 Å². The summed E-state index contributed by atoms with van der Waals surface area (Å²) in [6, 6.07) is 17.9. The Morgan fingerprint density at radius 2 is 0.905 bits per heavy atom. The van der Waals surface area contributed by atoms with Crippen molar-refractivity contribution >= 4 is 0 Å². The van der Waals surface area contributed by atoms with Gasteiger partial charge in [-0.05, 0) is 104 Å². The molecule has 0 saturated heterocycles. The van der Waals surface area contributed by atoms with Crippen LogP contribution < -0.4 is 0 Å². The Balaban J connectivity index is 2.24. The van der Waals surface area contributed by atoms with Gasteiger partial charge in [0.2, 0.25) is 0 Å². The molecule has 0 amide bonds. The van der Waals surface area contributed by atoms with Gasteiger partial charge in [-0.3, -0.25) is 9.97 Å². The highest BCUT2D eigenvalue weighted by Crippen LogP contribution is 2.48. The van der Waals surface area contributed by atoms with Crippen LogP contribution >= 0.6 is 0 Å². The molecule has 2 heterocycles. The van der Waals surface area contributed by atoms with Crippen LogP contribution in [-0.4, -0.2) is 9.97 Å². The summed E-state index contributed by atoms with van der Waals surface area (Å²) < 4.78 is 0. The quantitative estimate of drug-likeness (QED) is 0.203. The van der Waals surface area contributed by atoms with Crippen molar-refractivity contribution in [3.05, 3.63) is 94.3 Å². The molecule has 2 aromatic heterocycles. The first-order chi connectivity index (χ1) is 19.9. The van der Waals surface area contributed by atoms with Crippen molar-refractivity contribution in [1.82, 2.24) is 9.97 Å². The topological polar surface area (TPSA) is 25.8 Å². The molecule has 0 saturated carbocycles. The Bertz CT molecular complexity index is 1520. The van der Waals surface area contributed by atoms with Crippen molar-refractivity contribution < 1.29 is 0 Å². The van der Waals surface area contributed by atoms with Crippen LogP contribution in [0.4, 0.5) is 0 Å². The molecule has 0 radical (unpaired) electrons. The zero-order valence-corrected chi connectivity index (χ0v) is 28.1. The Labute approximate surface area is 256 Å². The number of rotatable bonds is 9. The smallest absolute Gasteiger partial charge is 0.0970 e. The van der Waals surface area contributed by atoms with Gasteiger partial charge in [0.05, 0.1) is 11.4 Å². The second kappa shape index (κ2) is 12.9. The van der Waals surface area contributed by atoms with Crippen molar-refractivity contribution in [1.29, 1.82) is 0 Å². The average molecular weight is 561 g/mol. The monoisotopic (exact) mass is 560 g/mol. The molecule has 0 spiro atoms. The molecular formula is C40H52N2. The Hall–Kier alpha value is -3.26. The van der Waals surface area contributed by atoms with Crippen LogP contribution in [0.25, 0.3) is 33.6 Å². The van der Waals surface area contributed by atoms with E-state index in [-0.39, 0.29) is 0 Å². The molecular weight excluding hydrogens is 508 g/mol. The molecule has 222 valence electrons. The van der Waals surface area contributed by atoms with Crippen molar-refractivity contribution in [2.45, 2.75) is 119 Å². The van der Waals surface area contributed by atoms with Gasteiger partial charge in [-0.2, -0.15) is 0 Å². The van der Waals surface area contributed by atoms with Gasteiger partial charge in [0.15, 0.2) is 0 Å². The second-order valence-corrected chi connectivity index (χ2v) is 13.8. The van der Waals surface area contributed by atoms with Crippen LogP contribution in [-0.2, 0) is 0 Å². The number of benzene rings is 2. The third-order valence-electron chi connectivity index (χ3n) is 8.61. The molecule has 0 aliphatic rings. The van der Waals surface area contributed by atoms with Gasteiger partial charge < -0.3 is 0 Å². The molecule has 2 heteroatoms. The molecule has 0 atom stereocenters. The largest absolute Gasteiger partial charge is 0.255 e. The lowest BCUT2D eigenvalue weighted by molar-refractivity contribution is 0.749. The van der Waals surface area contributed by atoms with E-state index in [9.17, 15) is 0 Å². The maximum Gasteiger partial charge on any atom is 0.0970 e. The minimum absolute atomic E-state index is 0.361. The minimum Gasteiger partial charge on any atom is -0.255 e. The Kier molecular flexibility index (Phi) is 9.76. The highest BCUT2D eigenvalue weighted by Gasteiger charge is 2.28. The highest BCUT2D eigenvalue weighted by molar-refractivity contribution is 5.95. The molecule has 0 bridgehead atoms. The van der Waals surface area contributed by atoms with Crippen LogP contribution in [0.15, 0.2) is 60.9 Å². The number of aromatic nitrogens is 2. The molecule has 0 fully saturated rings. The van der Waals surface area contributed by atoms with Crippen LogP contribution in [0.3, 0.4) is 0 Å². The standard InChI is InChI=1S/C40H52N2/c1-23(2)29-16-18-31(37(27(9)10)35(29)25(5)6)32-20-22-42-40(34-15-13-14-21-41-34)39(32)33-19-17-30(24(3)4)36(26(7)8)38(33)28(11)12/h13-28H,1-12H3. The van der Waals surface area contributed by atoms with Gasteiger partial charge in [-0.25, -0.2) is 0 Å². The number of hydrogen-bond acceptors (Lipinski definition) is 2. The minimum atomic E-state index is 0.361.